The Balaban J connectivity index is 2.17. The van der Waals surface area contributed by atoms with Crippen LogP contribution in [-0.2, 0) is 19.0 Å². The number of halogens is 4. The fourth-order valence-corrected chi connectivity index (χ4v) is 3.40. The SMILES string of the molecule is CCCc1nc2c(Cl)cc(C(F)(F)F)cn2c1Cc1ccc(OC)cc1C. The van der Waals surface area contributed by atoms with Gasteiger partial charge in [0.15, 0.2) is 5.65 Å². The monoisotopic (exact) mass is 396 g/mol. The van der Waals surface area contributed by atoms with Crippen molar-refractivity contribution in [2.24, 2.45) is 0 Å². The number of alkyl halides is 3. The summed E-state index contributed by atoms with van der Waals surface area (Å²) in [6, 6.07) is 6.62. The number of fused-ring (bicyclic) bond motifs is 1. The van der Waals surface area contributed by atoms with Gasteiger partial charge in [0, 0.05) is 12.6 Å². The number of methoxy groups -OCH3 is 1. The summed E-state index contributed by atoms with van der Waals surface area (Å²) in [4.78, 5) is 4.52. The standard InChI is InChI=1S/C20H20ClF3N2O/c1-4-5-17-18(9-13-6-7-15(27-3)8-12(13)2)26-11-14(20(22,23)24)10-16(21)19(26)25-17/h6-8,10-11H,4-5,9H2,1-3H3. The lowest BCUT2D eigenvalue weighted by atomic mass is 10.0. The zero-order chi connectivity index (χ0) is 19.8. The number of imidazole rings is 1. The van der Waals surface area contributed by atoms with Gasteiger partial charge >= 0.3 is 6.18 Å². The van der Waals surface area contributed by atoms with E-state index in [1.165, 1.54) is 4.40 Å². The van der Waals surface area contributed by atoms with Crippen LogP contribution in [0, 0.1) is 6.92 Å². The number of aryl methyl sites for hydroxylation is 2. The number of rotatable bonds is 5. The first-order valence-corrected chi connectivity index (χ1v) is 9.02. The topological polar surface area (TPSA) is 26.5 Å². The normalized spacial score (nSPS) is 12.0. The lowest BCUT2D eigenvalue weighted by molar-refractivity contribution is -0.137. The van der Waals surface area contributed by atoms with Crippen molar-refractivity contribution in [3.05, 3.63) is 63.6 Å². The van der Waals surface area contributed by atoms with Crippen molar-refractivity contribution < 1.29 is 17.9 Å². The molecular formula is C20H20ClF3N2O. The van der Waals surface area contributed by atoms with Gasteiger partial charge in [-0.2, -0.15) is 13.2 Å². The van der Waals surface area contributed by atoms with E-state index in [9.17, 15) is 13.2 Å². The molecule has 0 atom stereocenters. The molecule has 144 valence electrons. The van der Waals surface area contributed by atoms with Crippen LogP contribution in [0.4, 0.5) is 13.2 Å². The summed E-state index contributed by atoms with van der Waals surface area (Å²) in [5.74, 6) is 0.741. The first kappa shape index (κ1) is 19.5. The van der Waals surface area contributed by atoms with Gasteiger partial charge in [-0.1, -0.05) is 31.0 Å². The van der Waals surface area contributed by atoms with Gasteiger partial charge in [-0.25, -0.2) is 4.98 Å². The smallest absolute Gasteiger partial charge is 0.417 e. The number of hydrogen-bond donors (Lipinski definition) is 0. The van der Waals surface area contributed by atoms with Crippen LogP contribution in [0.2, 0.25) is 5.02 Å². The summed E-state index contributed by atoms with van der Waals surface area (Å²) in [6.45, 7) is 3.96. The molecule has 27 heavy (non-hydrogen) atoms. The van der Waals surface area contributed by atoms with Gasteiger partial charge in [0.2, 0.25) is 0 Å². The third-order valence-electron chi connectivity index (χ3n) is 4.58. The Bertz CT molecular complexity index is 979. The Hall–Kier alpha value is -2.21. The zero-order valence-corrected chi connectivity index (χ0v) is 16.1. The summed E-state index contributed by atoms with van der Waals surface area (Å²) in [7, 11) is 1.60. The predicted molar refractivity (Wildman–Crippen MR) is 99.7 cm³/mol. The van der Waals surface area contributed by atoms with Crippen LogP contribution in [0.5, 0.6) is 5.75 Å². The number of aromatic nitrogens is 2. The molecule has 0 radical (unpaired) electrons. The van der Waals surface area contributed by atoms with E-state index in [2.05, 4.69) is 4.98 Å². The van der Waals surface area contributed by atoms with Crippen molar-refractivity contribution >= 4 is 17.2 Å². The Kier molecular flexibility index (Phi) is 5.38. The van der Waals surface area contributed by atoms with Crippen molar-refractivity contribution in [2.75, 3.05) is 7.11 Å². The van der Waals surface area contributed by atoms with Gasteiger partial charge in [0.1, 0.15) is 5.75 Å². The third-order valence-corrected chi connectivity index (χ3v) is 4.86. The molecule has 0 bridgehead atoms. The second-order valence-electron chi connectivity index (χ2n) is 6.49. The number of benzene rings is 1. The molecule has 0 aliphatic heterocycles. The highest BCUT2D eigenvalue weighted by molar-refractivity contribution is 6.33. The molecule has 1 aromatic carbocycles. The van der Waals surface area contributed by atoms with Gasteiger partial charge in [-0.15, -0.1) is 0 Å². The average molecular weight is 397 g/mol. The van der Waals surface area contributed by atoms with E-state index in [0.29, 0.717) is 18.5 Å². The highest BCUT2D eigenvalue weighted by Crippen LogP contribution is 2.34. The number of ether oxygens (including phenoxy) is 1. The molecule has 0 N–H and O–H groups in total. The molecular weight excluding hydrogens is 377 g/mol. The summed E-state index contributed by atoms with van der Waals surface area (Å²) < 4.78 is 46.5. The quantitative estimate of drug-likeness (QED) is 0.539. The minimum Gasteiger partial charge on any atom is -0.497 e. The van der Waals surface area contributed by atoms with Crippen LogP contribution < -0.4 is 4.74 Å². The molecule has 0 spiro atoms. The average Bonchev–Trinajstić information content (AvgIpc) is 2.94. The van der Waals surface area contributed by atoms with Crippen molar-refractivity contribution in [1.82, 2.24) is 9.38 Å². The Labute approximate surface area is 160 Å². The van der Waals surface area contributed by atoms with E-state index in [1.807, 2.05) is 32.0 Å². The molecule has 2 aromatic heterocycles. The van der Waals surface area contributed by atoms with Gasteiger partial charge in [0.25, 0.3) is 0 Å². The summed E-state index contributed by atoms with van der Waals surface area (Å²) >= 11 is 6.13. The van der Waals surface area contributed by atoms with Gasteiger partial charge < -0.3 is 9.14 Å². The van der Waals surface area contributed by atoms with Gasteiger partial charge in [-0.05, 0) is 42.7 Å². The Morgan fingerprint density at radius 2 is 1.96 bits per heavy atom. The first-order chi connectivity index (χ1) is 12.7. The first-order valence-electron chi connectivity index (χ1n) is 8.64. The van der Waals surface area contributed by atoms with Gasteiger partial charge in [0.05, 0.1) is 29.1 Å². The van der Waals surface area contributed by atoms with E-state index in [4.69, 9.17) is 16.3 Å². The molecule has 3 rings (SSSR count). The predicted octanol–water partition coefficient (Wildman–Crippen LogP) is 5.87. The molecule has 0 aliphatic rings. The van der Waals surface area contributed by atoms with Crippen molar-refractivity contribution in [2.45, 2.75) is 39.3 Å². The minimum absolute atomic E-state index is 0.000110. The van der Waals surface area contributed by atoms with Crippen LogP contribution >= 0.6 is 11.6 Å². The van der Waals surface area contributed by atoms with Crippen molar-refractivity contribution in [3.8, 4) is 5.75 Å². The molecule has 0 aliphatic carbocycles. The number of hydrogen-bond acceptors (Lipinski definition) is 2. The van der Waals surface area contributed by atoms with E-state index < -0.39 is 11.7 Å². The summed E-state index contributed by atoms with van der Waals surface area (Å²) in [5, 5.41) is -0.000110. The molecule has 0 fully saturated rings. The van der Waals surface area contributed by atoms with Crippen molar-refractivity contribution in [1.29, 1.82) is 0 Å². The number of pyridine rings is 1. The van der Waals surface area contributed by atoms with Crippen LogP contribution in [0.1, 0.15) is 41.4 Å². The maximum Gasteiger partial charge on any atom is 0.417 e. The third kappa shape index (κ3) is 3.90. The number of nitrogens with zero attached hydrogens (tertiary/aromatic N) is 2. The molecule has 0 saturated carbocycles. The highest BCUT2D eigenvalue weighted by atomic mass is 35.5. The van der Waals surface area contributed by atoms with E-state index in [1.54, 1.807) is 7.11 Å². The molecule has 3 aromatic rings. The molecule has 0 saturated heterocycles. The molecule has 0 unspecified atom stereocenters. The second kappa shape index (κ2) is 7.43. The Morgan fingerprint density at radius 1 is 1.22 bits per heavy atom. The Morgan fingerprint density at radius 3 is 2.56 bits per heavy atom. The fourth-order valence-electron chi connectivity index (χ4n) is 3.15. The largest absolute Gasteiger partial charge is 0.497 e. The summed E-state index contributed by atoms with van der Waals surface area (Å²) in [6.07, 6.45) is -1.42. The lowest BCUT2D eigenvalue weighted by Crippen LogP contribution is -2.08. The highest BCUT2D eigenvalue weighted by Gasteiger charge is 2.32. The zero-order valence-electron chi connectivity index (χ0n) is 15.3. The van der Waals surface area contributed by atoms with Crippen LogP contribution in [0.25, 0.3) is 5.65 Å². The van der Waals surface area contributed by atoms with Gasteiger partial charge in [-0.3, -0.25) is 0 Å². The maximum absolute atomic E-state index is 13.3. The van der Waals surface area contributed by atoms with E-state index in [-0.39, 0.29) is 5.02 Å². The fraction of sp³-hybridized carbons (Fsp3) is 0.350. The van der Waals surface area contributed by atoms with Crippen LogP contribution in [-0.4, -0.2) is 16.5 Å². The maximum atomic E-state index is 13.3. The minimum atomic E-state index is -4.47. The molecule has 2 heterocycles. The second-order valence-corrected chi connectivity index (χ2v) is 6.90. The molecule has 3 nitrogen and oxygen atoms in total. The van der Waals surface area contributed by atoms with Crippen molar-refractivity contribution in [3.63, 3.8) is 0 Å². The molecule has 0 amide bonds. The van der Waals surface area contributed by atoms with Crippen LogP contribution in [0.15, 0.2) is 30.5 Å². The van der Waals surface area contributed by atoms with Crippen LogP contribution in [0.3, 0.4) is 0 Å². The molecule has 7 heteroatoms. The van der Waals surface area contributed by atoms with E-state index >= 15 is 0 Å². The summed E-state index contributed by atoms with van der Waals surface area (Å²) in [5.41, 5.74) is 3.08. The van der Waals surface area contributed by atoms with E-state index in [0.717, 1.165) is 46.9 Å². The lowest BCUT2D eigenvalue weighted by Gasteiger charge is -2.12.